The van der Waals surface area contributed by atoms with Crippen molar-refractivity contribution in [2.45, 2.75) is 38.0 Å². The lowest BCUT2D eigenvalue weighted by Crippen LogP contribution is -2.20. The number of halogens is 1. The number of nitrogens with two attached hydrogens (primary N) is 1. The fourth-order valence-electron chi connectivity index (χ4n) is 2.09. The van der Waals surface area contributed by atoms with E-state index in [1.54, 1.807) is 6.07 Å². The first-order valence-corrected chi connectivity index (χ1v) is 5.59. The first-order chi connectivity index (χ1) is 7.09. The molecule has 0 saturated heterocycles. The number of hydrogen-bond acceptors (Lipinski definition) is 1. The second kappa shape index (κ2) is 3.60. The topological polar surface area (TPSA) is 26.0 Å². The average molecular weight is 207 g/mol. The third-order valence-corrected chi connectivity index (χ3v) is 3.48. The maximum Gasteiger partial charge on any atom is 0.126 e. The van der Waals surface area contributed by atoms with Crippen LogP contribution in [-0.4, -0.2) is 6.54 Å². The molecule has 82 valence electrons. The van der Waals surface area contributed by atoms with Crippen LogP contribution in [0.1, 0.15) is 43.7 Å². The summed E-state index contributed by atoms with van der Waals surface area (Å²) in [6.07, 6.45) is 2.20. The monoisotopic (exact) mass is 207 g/mol. The predicted molar refractivity (Wildman–Crippen MR) is 60.5 cm³/mol. The van der Waals surface area contributed by atoms with Gasteiger partial charge < -0.3 is 5.73 Å². The molecule has 15 heavy (non-hydrogen) atoms. The Morgan fingerprint density at radius 2 is 2.07 bits per heavy atom. The second-order valence-electron chi connectivity index (χ2n) is 4.88. The zero-order valence-electron chi connectivity index (χ0n) is 9.39. The highest BCUT2D eigenvalue weighted by Crippen LogP contribution is 2.47. The van der Waals surface area contributed by atoms with E-state index in [1.807, 2.05) is 26.0 Å². The maximum atomic E-state index is 13.8. The zero-order valence-corrected chi connectivity index (χ0v) is 9.39. The van der Waals surface area contributed by atoms with Crippen molar-refractivity contribution in [1.82, 2.24) is 0 Å². The molecule has 0 radical (unpaired) electrons. The van der Waals surface area contributed by atoms with Crippen LogP contribution in [0.25, 0.3) is 0 Å². The number of rotatable bonds is 3. The largest absolute Gasteiger partial charge is 0.330 e. The van der Waals surface area contributed by atoms with Crippen molar-refractivity contribution in [2.24, 2.45) is 5.73 Å². The average Bonchev–Trinajstić information content (AvgIpc) is 2.97. The van der Waals surface area contributed by atoms with Gasteiger partial charge in [-0.25, -0.2) is 4.39 Å². The van der Waals surface area contributed by atoms with Crippen molar-refractivity contribution >= 4 is 0 Å². The van der Waals surface area contributed by atoms with Crippen molar-refractivity contribution in [3.05, 3.63) is 35.1 Å². The van der Waals surface area contributed by atoms with Crippen LogP contribution < -0.4 is 5.73 Å². The summed E-state index contributed by atoms with van der Waals surface area (Å²) in [5, 5.41) is 0. The molecule has 1 aromatic carbocycles. The van der Waals surface area contributed by atoms with Crippen LogP contribution in [0.3, 0.4) is 0 Å². The van der Waals surface area contributed by atoms with Gasteiger partial charge in [-0.05, 0) is 36.0 Å². The first kappa shape index (κ1) is 10.6. The van der Waals surface area contributed by atoms with E-state index in [9.17, 15) is 4.39 Å². The Morgan fingerprint density at radius 1 is 1.40 bits per heavy atom. The van der Waals surface area contributed by atoms with Crippen molar-refractivity contribution in [2.75, 3.05) is 6.54 Å². The minimum absolute atomic E-state index is 0.0813. The molecule has 0 bridgehead atoms. The van der Waals surface area contributed by atoms with Crippen LogP contribution in [0.15, 0.2) is 18.2 Å². The Hall–Kier alpha value is -0.890. The lowest BCUT2D eigenvalue weighted by Gasteiger charge is -2.15. The molecular formula is C13H18FN. The van der Waals surface area contributed by atoms with Crippen LogP contribution in [0.2, 0.25) is 0 Å². The summed E-state index contributed by atoms with van der Waals surface area (Å²) >= 11 is 0. The molecule has 1 fully saturated rings. The van der Waals surface area contributed by atoms with Gasteiger partial charge in [-0.15, -0.1) is 0 Å². The van der Waals surface area contributed by atoms with Gasteiger partial charge in [0, 0.05) is 12.0 Å². The normalized spacial score (nSPS) is 18.2. The summed E-state index contributed by atoms with van der Waals surface area (Å²) in [4.78, 5) is 0. The Balaban J connectivity index is 2.34. The Bertz CT molecular complexity index is 367. The quantitative estimate of drug-likeness (QED) is 0.810. The van der Waals surface area contributed by atoms with Gasteiger partial charge >= 0.3 is 0 Å². The van der Waals surface area contributed by atoms with Crippen molar-refractivity contribution < 1.29 is 4.39 Å². The van der Waals surface area contributed by atoms with Crippen molar-refractivity contribution in [3.8, 4) is 0 Å². The molecular weight excluding hydrogens is 189 g/mol. The molecule has 0 aliphatic heterocycles. The lowest BCUT2D eigenvalue weighted by atomic mass is 9.92. The Labute approximate surface area is 90.5 Å². The van der Waals surface area contributed by atoms with Crippen LogP contribution >= 0.6 is 0 Å². The molecule has 2 heteroatoms. The molecule has 1 aliphatic carbocycles. The molecule has 0 heterocycles. The SMILES string of the molecule is CC(C)c1ccc(C2(CN)CC2)cc1F. The molecule has 0 aromatic heterocycles. The smallest absolute Gasteiger partial charge is 0.126 e. The Kier molecular flexibility index (Phi) is 2.55. The van der Waals surface area contributed by atoms with Crippen molar-refractivity contribution in [3.63, 3.8) is 0 Å². The van der Waals surface area contributed by atoms with E-state index in [0.717, 1.165) is 24.0 Å². The zero-order chi connectivity index (χ0) is 11.1. The van der Waals surface area contributed by atoms with Crippen LogP contribution in [0.5, 0.6) is 0 Å². The number of hydrogen-bond donors (Lipinski definition) is 1. The predicted octanol–water partition coefficient (Wildman–Crippen LogP) is 2.94. The molecule has 0 atom stereocenters. The highest BCUT2D eigenvalue weighted by Gasteiger charge is 2.43. The molecule has 0 spiro atoms. The molecule has 1 saturated carbocycles. The molecule has 1 aromatic rings. The fourth-order valence-corrected chi connectivity index (χ4v) is 2.09. The minimum Gasteiger partial charge on any atom is -0.330 e. The minimum atomic E-state index is -0.0813. The fraction of sp³-hybridized carbons (Fsp3) is 0.538. The van der Waals surface area contributed by atoms with Gasteiger partial charge in [-0.1, -0.05) is 26.0 Å². The summed E-state index contributed by atoms with van der Waals surface area (Å²) in [5.41, 5.74) is 7.69. The maximum absolute atomic E-state index is 13.8. The number of benzene rings is 1. The van der Waals surface area contributed by atoms with E-state index in [2.05, 4.69) is 0 Å². The van der Waals surface area contributed by atoms with E-state index in [1.165, 1.54) is 0 Å². The van der Waals surface area contributed by atoms with Crippen LogP contribution in [-0.2, 0) is 5.41 Å². The lowest BCUT2D eigenvalue weighted by molar-refractivity contribution is 0.589. The summed E-state index contributed by atoms with van der Waals surface area (Å²) in [6, 6.07) is 5.62. The Morgan fingerprint density at radius 3 is 2.47 bits per heavy atom. The molecule has 2 N–H and O–H groups in total. The third kappa shape index (κ3) is 1.78. The van der Waals surface area contributed by atoms with E-state index in [4.69, 9.17) is 5.73 Å². The molecule has 0 unspecified atom stereocenters. The highest BCUT2D eigenvalue weighted by atomic mass is 19.1. The van der Waals surface area contributed by atoms with Gasteiger partial charge in [0.15, 0.2) is 0 Å². The van der Waals surface area contributed by atoms with E-state index < -0.39 is 0 Å². The van der Waals surface area contributed by atoms with Crippen molar-refractivity contribution in [1.29, 1.82) is 0 Å². The molecule has 2 rings (SSSR count). The molecule has 1 aliphatic rings. The highest BCUT2D eigenvalue weighted by molar-refractivity contribution is 5.36. The van der Waals surface area contributed by atoms with Gasteiger partial charge in [-0.2, -0.15) is 0 Å². The van der Waals surface area contributed by atoms with Gasteiger partial charge in [0.1, 0.15) is 5.82 Å². The van der Waals surface area contributed by atoms with Crippen LogP contribution in [0, 0.1) is 5.82 Å². The first-order valence-electron chi connectivity index (χ1n) is 5.59. The summed E-state index contributed by atoms with van der Waals surface area (Å²) in [5.74, 6) is 0.161. The molecule has 1 nitrogen and oxygen atoms in total. The summed E-state index contributed by atoms with van der Waals surface area (Å²) in [6.45, 7) is 4.65. The van der Waals surface area contributed by atoms with Crippen LogP contribution in [0.4, 0.5) is 4.39 Å². The van der Waals surface area contributed by atoms with Gasteiger partial charge in [0.05, 0.1) is 0 Å². The summed E-state index contributed by atoms with van der Waals surface area (Å²) < 4.78 is 13.8. The standard InChI is InChI=1S/C13H18FN/c1-9(2)11-4-3-10(7-12(11)14)13(8-15)5-6-13/h3-4,7,9H,5-6,8,15H2,1-2H3. The molecule has 0 amide bonds. The van der Waals surface area contributed by atoms with E-state index in [0.29, 0.717) is 6.54 Å². The van der Waals surface area contributed by atoms with Gasteiger partial charge in [0.25, 0.3) is 0 Å². The van der Waals surface area contributed by atoms with Gasteiger partial charge in [0.2, 0.25) is 0 Å². The third-order valence-electron chi connectivity index (χ3n) is 3.48. The summed E-state index contributed by atoms with van der Waals surface area (Å²) in [7, 11) is 0. The van der Waals surface area contributed by atoms with Gasteiger partial charge in [-0.3, -0.25) is 0 Å². The van der Waals surface area contributed by atoms with E-state index >= 15 is 0 Å². The van der Waals surface area contributed by atoms with E-state index in [-0.39, 0.29) is 17.2 Å². The second-order valence-corrected chi connectivity index (χ2v) is 4.88.